The van der Waals surface area contributed by atoms with Crippen LogP contribution in [0.15, 0.2) is 199 Å². The highest BCUT2D eigenvalue weighted by molar-refractivity contribution is 7.00. The smallest absolute Gasteiger partial charge is 0.248 e. The van der Waals surface area contributed by atoms with Crippen molar-refractivity contribution in [3.8, 4) is 33.8 Å². The first-order chi connectivity index (χ1) is 34.4. The van der Waals surface area contributed by atoms with Gasteiger partial charge >= 0.3 is 0 Å². The summed E-state index contributed by atoms with van der Waals surface area (Å²) in [4.78, 5) is 2.47. The molecule has 2 aliphatic rings. The first-order valence-electron chi connectivity index (χ1n) is 24.4. The lowest BCUT2D eigenvalue weighted by molar-refractivity contribution is 0.487. The molecule has 0 saturated heterocycles. The number of anilines is 3. The second kappa shape index (κ2) is 14.5. The Morgan fingerprint density at radius 1 is 0.400 bits per heavy atom. The molecule has 328 valence electrons. The molecule has 0 spiro atoms. The largest absolute Gasteiger partial charge is 0.457 e. The number of rotatable bonds is 4. The van der Waals surface area contributed by atoms with Crippen molar-refractivity contribution in [3.63, 3.8) is 0 Å². The Morgan fingerprint density at radius 2 is 1.07 bits per heavy atom. The highest BCUT2D eigenvalue weighted by Gasteiger charge is 2.36. The van der Waals surface area contributed by atoms with Gasteiger partial charge in [0.2, 0.25) is 6.71 Å². The van der Waals surface area contributed by atoms with Crippen molar-refractivity contribution in [2.75, 3.05) is 4.90 Å². The summed E-state index contributed by atoms with van der Waals surface area (Å²) < 4.78 is 14.0. The second-order valence-electron chi connectivity index (χ2n) is 19.7. The van der Waals surface area contributed by atoms with E-state index in [1.807, 2.05) is 0 Å². The summed E-state index contributed by atoms with van der Waals surface area (Å²) in [5, 5.41) is 14.6. The van der Waals surface area contributed by atoms with Crippen molar-refractivity contribution in [1.29, 1.82) is 0 Å². The molecular formula is C66H44BNO2. The van der Waals surface area contributed by atoms with Crippen LogP contribution in [0.3, 0.4) is 0 Å². The fourth-order valence-corrected chi connectivity index (χ4v) is 12.9. The van der Waals surface area contributed by atoms with Crippen LogP contribution in [0.25, 0.3) is 98.1 Å². The summed E-state index contributed by atoms with van der Waals surface area (Å²) in [6.45, 7) is 8.88. The van der Waals surface area contributed by atoms with Crippen LogP contribution in [-0.2, 0) is 0 Å². The molecule has 0 aliphatic carbocycles. The van der Waals surface area contributed by atoms with Crippen LogP contribution in [0.2, 0.25) is 0 Å². The van der Waals surface area contributed by atoms with E-state index in [-0.39, 0.29) is 6.71 Å². The highest BCUT2D eigenvalue weighted by Crippen LogP contribution is 2.53. The third kappa shape index (κ3) is 5.42. The molecule has 0 atom stereocenters. The van der Waals surface area contributed by atoms with Gasteiger partial charge in [-0.25, -0.2) is 0 Å². The predicted molar refractivity (Wildman–Crippen MR) is 297 cm³/mol. The lowest BCUT2D eigenvalue weighted by Gasteiger charge is -2.32. The molecule has 2 aliphatic heterocycles. The van der Waals surface area contributed by atoms with E-state index in [1.54, 1.807) is 0 Å². The maximum Gasteiger partial charge on any atom is 0.248 e. The van der Waals surface area contributed by atoms with Crippen LogP contribution >= 0.6 is 0 Å². The Balaban J connectivity index is 0.977. The fraction of sp³-hybridized carbons (Fsp3) is 0.0606. The van der Waals surface area contributed by atoms with Gasteiger partial charge in [-0.3, -0.25) is 0 Å². The normalized spacial score (nSPS) is 12.7. The van der Waals surface area contributed by atoms with Crippen molar-refractivity contribution in [2.45, 2.75) is 27.7 Å². The van der Waals surface area contributed by atoms with Gasteiger partial charge in [0.25, 0.3) is 0 Å². The van der Waals surface area contributed by atoms with Gasteiger partial charge in [0.05, 0.1) is 11.4 Å². The zero-order valence-corrected chi connectivity index (χ0v) is 39.3. The van der Waals surface area contributed by atoms with Gasteiger partial charge in [-0.05, 0) is 140 Å². The molecule has 0 radical (unpaired) electrons. The molecule has 1 aromatic heterocycles. The van der Waals surface area contributed by atoms with Gasteiger partial charge in [-0.15, -0.1) is 0 Å². The Hall–Kier alpha value is -8.60. The molecular weight excluding hydrogens is 850 g/mol. The number of nitrogens with zero attached hydrogens (tertiary/aromatic N) is 1. The number of furan rings is 1. The predicted octanol–water partition coefficient (Wildman–Crippen LogP) is 16.3. The number of aryl methyl sites for hydroxylation is 4. The quantitative estimate of drug-likeness (QED) is 0.130. The number of ether oxygens (including phenoxy) is 1. The molecule has 0 N–H and O–H groups in total. The summed E-state index contributed by atoms with van der Waals surface area (Å²) in [6, 6.07) is 71.8. The monoisotopic (exact) mass is 893 g/mol. The number of hydrogen-bond acceptors (Lipinski definition) is 3. The Kier molecular flexibility index (Phi) is 8.14. The number of fused-ring (bicyclic) bond motifs is 13. The molecule has 0 saturated carbocycles. The fourth-order valence-electron chi connectivity index (χ4n) is 12.9. The van der Waals surface area contributed by atoms with E-state index in [4.69, 9.17) is 9.15 Å². The van der Waals surface area contributed by atoms with Crippen LogP contribution in [-0.4, -0.2) is 6.71 Å². The van der Waals surface area contributed by atoms with Crippen LogP contribution in [0, 0.1) is 27.7 Å². The molecule has 3 nitrogen and oxygen atoms in total. The van der Waals surface area contributed by atoms with Gasteiger partial charge in [-0.1, -0.05) is 174 Å². The molecule has 15 rings (SSSR count). The van der Waals surface area contributed by atoms with Crippen LogP contribution in [0.5, 0.6) is 11.5 Å². The summed E-state index contributed by atoms with van der Waals surface area (Å²) in [6.07, 6.45) is 0. The van der Waals surface area contributed by atoms with Crippen molar-refractivity contribution in [3.05, 3.63) is 216 Å². The van der Waals surface area contributed by atoms with Crippen LogP contribution < -0.4 is 26.0 Å². The average molecular weight is 894 g/mol. The SMILES string of the molecule is Cc1cc(C)c(N(c2ccc3c(c2)Oc2cccc4c2c-3cc2c3cccc5c3c(cc42)B(c2cccc3c2oc2ccccc23)c2c(C)cccc2-5)c2cc3ccccc3c3ccccc23)c(C)c1. The van der Waals surface area contributed by atoms with Gasteiger partial charge in [-0.2, -0.15) is 0 Å². The van der Waals surface area contributed by atoms with Gasteiger partial charge in [0.1, 0.15) is 22.7 Å². The highest BCUT2D eigenvalue weighted by atomic mass is 16.5. The van der Waals surface area contributed by atoms with Crippen molar-refractivity contribution in [2.24, 2.45) is 0 Å². The van der Waals surface area contributed by atoms with E-state index in [0.29, 0.717) is 0 Å². The average Bonchev–Trinajstić information content (AvgIpc) is 3.77. The van der Waals surface area contributed by atoms with Crippen molar-refractivity contribution < 1.29 is 9.15 Å². The molecule has 13 aromatic rings. The first kappa shape index (κ1) is 39.4. The minimum Gasteiger partial charge on any atom is -0.457 e. The van der Waals surface area contributed by atoms with E-state index in [1.165, 1.54) is 109 Å². The van der Waals surface area contributed by atoms with Gasteiger partial charge in [0, 0.05) is 38.9 Å². The third-order valence-corrected chi connectivity index (χ3v) is 15.6. The van der Waals surface area contributed by atoms with E-state index < -0.39 is 0 Å². The third-order valence-electron chi connectivity index (χ3n) is 15.6. The maximum atomic E-state index is 7.16. The van der Waals surface area contributed by atoms with Gasteiger partial charge < -0.3 is 14.1 Å². The van der Waals surface area contributed by atoms with Crippen LogP contribution in [0.4, 0.5) is 17.1 Å². The Bertz CT molecular complexity index is 4440. The molecule has 3 heterocycles. The molecule has 0 amide bonds. The summed E-state index contributed by atoms with van der Waals surface area (Å²) in [7, 11) is 0. The molecule has 0 bridgehead atoms. The Labute approximate surface area is 405 Å². The lowest BCUT2D eigenvalue weighted by Crippen LogP contribution is -2.55. The van der Waals surface area contributed by atoms with E-state index in [9.17, 15) is 0 Å². The van der Waals surface area contributed by atoms with Crippen molar-refractivity contribution >= 4 is 116 Å². The number of para-hydroxylation sites is 2. The van der Waals surface area contributed by atoms with Crippen molar-refractivity contribution in [1.82, 2.24) is 0 Å². The zero-order chi connectivity index (χ0) is 46.5. The number of hydrogen-bond donors (Lipinski definition) is 0. The summed E-state index contributed by atoms with van der Waals surface area (Å²) in [5.74, 6) is 1.72. The van der Waals surface area contributed by atoms with Gasteiger partial charge in [0.15, 0.2) is 0 Å². The molecule has 0 fully saturated rings. The summed E-state index contributed by atoms with van der Waals surface area (Å²) in [5.41, 5.74) is 18.9. The van der Waals surface area contributed by atoms with E-state index in [2.05, 4.69) is 227 Å². The minimum absolute atomic E-state index is 0.0491. The second-order valence-corrected chi connectivity index (χ2v) is 19.7. The summed E-state index contributed by atoms with van der Waals surface area (Å²) >= 11 is 0. The number of benzene rings is 12. The maximum absolute atomic E-state index is 7.16. The zero-order valence-electron chi connectivity index (χ0n) is 39.3. The Morgan fingerprint density at radius 3 is 1.93 bits per heavy atom. The van der Waals surface area contributed by atoms with Crippen LogP contribution in [0.1, 0.15) is 22.3 Å². The molecule has 70 heavy (non-hydrogen) atoms. The molecule has 4 heteroatoms. The minimum atomic E-state index is -0.0491. The van der Waals surface area contributed by atoms with E-state index in [0.717, 1.165) is 55.8 Å². The van der Waals surface area contributed by atoms with E-state index >= 15 is 0 Å². The first-order valence-corrected chi connectivity index (χ1v) is 24.4. The standard InChI is InChI=1S/C66H44BNO2/c1-37-31-39(3)65(40(4)32-37)68(58-33-41-16-5-6-17-43(41)44-18-7-8-19-45(44)58)42-29-30-47-55-35-53-49-22-12-21-48-51-24-11-15-38(2)64(51)67(56-26-13-25-52-46-20-9-10-27-59(46)70-66(52)56)57(62(48)49)36-54(53)50-23-14-28-60(63(50)55)69-61(47)34-42/h5-36H,1-4H3. The molecule has 0 unspecified atom stereocenters. The topological polar surface area (TPSA) is 25.6 Å². The lowest BCUT2D eigenvalue weighted by atomic mass is 9.33. The molecule has 12 aromatic carbocycles.